The Kier molecular flexibility index (Phi) is 2.86. The fraction of sp³-hybridized carbons (Fsp3) is 0.571. The first-order valence-corrected chi connectivity index (χ1v) is 5.64. The van der Waals surface area contributed by atoms with Crippen molar-refractivity contribution in [2.75, 3.05) is 11.5 Å². The number of aryl methyl sites for hydroxylation is 1. The summed E-state index contributed by atoms with van der Waals surface area (Å²) in [5.41, 5.74) is 0. The Morgan fingerprint density at radius 1 is 1.50 bits per heavy atom. The number of hydrogen-bond acceptors (Lipinski definition) is 3. The Hall–Kier alpha value is -0.840. The lowest BCUT2D eigenvalue weighted by Crippen LogP contribution is -2.14. The molecule has 1 rings (SSSR count). The van der Waals surface area contributed by atoms with Gasteiger partial charge in [-0.05, 0) is 6.07 Å². The van der Waals surface area contributed by atoms with Crippen LogP contribution >= 0.6 is 0 Å². The summed E-state index contributed by atoms with van der Waals surface area (Å²) in [5.74, 6) is 0.374. The molecule has 0 spiro atoms. The highest BCUT2D eigenvalue weighted by Crippen LogP contribution is 1.92. The van der Waals surface area contributed by atoms with E-state index in [4.69, 9.17) is 0 Å². The molecule has 0 fully saturated rings. The van der Waals surface area contributed by atoms with E-state index < -0.39 is 9.84 Å². The summed E-state index contributed by atoms with van der Waals surface area (Å²) in [5, 5.41) is 3.91. The smallest absolute Gasteiger partial charge is 0.151 e. The first-order chi connectivity index (χ1) is 5.64. The standard InChI is InChI=1S/C7H12N2O2S/c1-2-12(10,11)7-6-9-5-3-4-8-9/h3-5H,2,6-7H2,1H3. The molecule has 0 aliphatic carbocycles. The van der Waals surface area contributed by atoms with Crippen LogP contribution in [-0.4, -0.2) is 29.7 Å². The van der Waals surface area contributed by atoms with E-state index in [1.165, 1.54) is 0 Å². The Bertz CT molecular complexity index is 315. The van der Waals surface area contributed by atoms with Crippen LogP contribution in [-0.2, 0) is 16.4 Å². The maximum Gasteiger partial charge on any atom is 0.151 e. The minimum atomic E-state index is -2.86. The van der Waals surface area contributed by atoms with Gasteiger partial charge in [0.2, 0.25) is 0 Å². The van der Waals surface area contributed by atoms with Gasteiger partial charge in [0.15, 0.2) is 9.84 Å². The van der Waals surface area contributed by atoms with Crippen LogP contribution in [0.15, 0.2) is 18.5 Å². The second-order valence-electron chi connectivity index (χ2n) is 2.51. The molecule has 0 atom stereocenters. The molecule has 1 heterocycles. The van der Waals surface area contributed by atoms with E-state index in [9.17, 15) is 8.42 Å². The molecule has 0 amide bonds. The Morgan fingerprint density at radius 3 is 2.75 bits per heavy atom. The molecule has 0 saturated carbocycles. The number of rotatable bonds is 4. The van der Waals surface area contributed by atoms with Crippen molar-refractivity contribution in [1.82, 2.24) is 9.78 Å². The molecule has 0 bridgehead atoms. The Labute approximate surface area is 72.1 Å². The van der Waals surface area contributed by atoms with Crippen molar-refractivity contribution < 1.29 is 8.42 Å². The van der Waals surface area contributed by atoms with Gasteiger partial charge < -0.3 is 0 Å². The van der Waals surface area contributed by atoms with E-state index in [0.717, 1.165) is 0 Å². The monoisotopic (exact) mass is 188 g/mol. The van der Waals surface area contributed by atoms with Crippen LogP contribution in [0.1, 0.15) is 6.92 Å². The summed E-state index contributed by atoms with van der Waals surface area (Å²) in [6, 6.07) is 1.78. The highest BCUT2D eigenvalue weighted by Gasteiger charge is 2.06. The molecular formula is C7H12N2O2S. The lowest BCUT2D eigenvalue weighted by atomic mass is 10.7. The summed E-state index contributed by atoms with van der Waals surface area (Å²) in [6.45, 7) is 2.10. The molecule has 12 heavy (non-hydrogen) atoms. The second-order valence-corrected chi connectivity index (χ2v) is 4.98. The van der Waals surface area contributed by atoms with E-state index in [1.54, 1.807) is 30.1 Å². The number of aromatic nitrogens is 2. The molecule has 5 heteroatoms. The van der Waals surface area contributed by atoms with Crippen LogP contribution < -0.4 is 0 Å². The molecule has 0 unspecified atom stereocenters. The predicted molar refractivity (Wildman–Crippen MR) is 46.6 cm³/mol. The Balaban J connectivity index is 2.47. The molecule has 0 aliphatic rings. The van der Waals surface area contributed by atoms with Crippen molar-refractivity contribution in [3.05, 3.63) is 18.5 Å². The molecular weight excluding hydrogens is 176 g/mol. The zero-order valence-corrected chi connectivity index (χ0v) is 7.79. The molecule has 0 saturated heterocycles. The van der Waals surface area contributed by atoms with Gasteiger partial charge in [0.25, 0.3) is 0 Å². The maximum absolute atomic E-state index is 11.1. The van der Waals surface area contributed by atoms with Crippen LogP contribution in [0.4, 0.5) is 0 Å². The molecule has 4 nitrogen and oxygen atoms in total. The summed E-state index contributed by atoms with van der Waals surface area (Å²) in [6.07, 6.45) is 3.39. The fourth-order valence-corrected chi connectivity index (χ4v) is 1.56. The minimum absolute atomic E-state index is 0.172. The number of nitrogens with zero attached hydrogens (tertiary/aromatic N) is 2. The molecule has 1 aromatic heterocycles. The van der Waals surface area contributed by atoms with Gasteiger partial charge in [0.1, 0.15) is 0 Å². The lowest BCUT2D eigenvalue weighted by molar-refractivity contribution is 0.582. The minimum Gasteiger partial charge on any atom is -0.272 e. The van der Waals surface area contributed by atoms with E-state index in [1.807, 2.05) is 0 Å². The average Bonchev–Trinajstić information content (AvgIpc) is 2.53. The van der Waals surface area contributed by atoms with Gasteiger partial charge in [-0.15, -0.1) is 0 Å². The van der Waals surface area contributed by atoms with Crippen LogP contribution in [0.2, 0.25) is 0 Å². The highest BCUT2D eigenvalue weighted by atomic mass is 32.2. The van der Waals surface area contributed by atoms with Crippen molar-refractivity contribution in [3.63, 3.8) is 0 Å². The van der Waals surface area contributed by atoms with Crippen molar-refractivity contribution in [3.8, 4) is 0 Å². The SMILES string of the molecule is CCS(=O)(=O)CCn1cccn1. The van der Waals surface area contributed by atoms with Gasteiger partial charge in [0.05, 0.1) is 12.3 Å². The molecule has 0 aliphatic heterocycles. The van der Waals surface area contributed by atoms with Crippen LogP contribution in [0.5, 0.6) is 0 Å². The van der Waals surface area contributed by atoms with Crippen molar-refractivity contribution in [2.45, 2.75) is 13.5 Å². The number of hydrogen-bond donors (Lipinski definition) is 0. The molecule has 68 valence electrons. The van der Waals surface area contributed by atoms with Gasteiger partial charge in [0, 0.05) is 18.1 Å². The summed E-state index contributed by atoms with van der Waals surface area (Å²) in [4.78, 5) is 0. The maximum atomic E-state index is 11.1. The lowest BCUT2D eigenvalue weighted by Gasteiger charge is -2.00. The summed E-state index contributed by atoms with van der Waals surface area (Å²) >= 11 is 0. The molecule has 0 aromatic carbocycles. The zero-order valence-electron chi connectivity index (χ0n) is 6.97. The van der Waals surface area contributed by atoms with E-state index in [0.29, 0.717) is 6.54 Å². The molecule has 0 radical (unpaired) electrons. The first kappa shape index (κ1) is 9.25. The largest absolute Gasteiger partial charge is 0.272 e. The zero-order chi connectivity index (χ0) is 9.03. The van der Waals surface area contributed by atoms with E-state index >= 15 is 0 Å². The van der Waals surface area contributed by atoms with Crippen LogP contribution in [0, 0.1) is 0 Å². The second kappa shape index (κ2) is 3.71. The fourth-order valence-electron chi connectivity index (χ4n) is 0.810. The van der Waals surface area contributed by atoms with Crippen LogP contribution in [0.25, 0.3) is 0 Å². The molecule has 1 aromatic rings. The third-order valence-corrected chi connectivity index (χ3v) is 3.31. The predicted octanol–water partition coefficient (Wildman–Crippen LogP) is 0.318. The van der Waals surface area contributed by atoms with Crippen LogP contribution in [0.3, 0.4) is 0 Å². The van der Waals surface area contributed by atoms with E-state index in [-0.39, 0.29) is 11.5 Å². The Morgan fingerprint density at radius 2 is 2.25 bits per heavy atom. The highest BCUT2D eigenvalue weighted by molar-refractivity contribution is 7.91. The third-order valence-electron chi connectivity index (χ3n) is 1.63. The number of sulfone groups is 1. The van der Waals surface area contributed by atoms with Crippen molar-refractivity contribution in [2.24, 2.45) is 0 Å². The summed E-state index contributed by atoms with van der Waals surface area (Å²) in [7, 11) is -2.86. The quantitative estimate of drug-likeness (QED) is 0.683. The van der Waals surface area contributed by atoms with Crippen molar-refractivity contribution in [1.29, 1.82) is 0 Å². The van der Waals surface area contributed by atoms with Crippen molar-refractivity contribution >= 4 is 9.84 Å². The average molecular weight is 188 g/mol. The van der Waals surface area contributed by atoms with E-state index in [2.05, 4.69) is 5.10 Å². The molecule has 0 N–H and O–H groups in total. The first-order valence-electron chi connectivity index (χ1n) is 3.82. The summed E-state index contributed by atoms with van der Waals surface area (Å²) < 4.78 is 23.7. The van der Waals surface area contributed by atoms with Gasteiger partial charge in [-0.3, -0.25) is 4.68 Å². The third kappa shape index (κ3) is 2.65. The van der Waals surface area contributed by atoms with Gasteiger partial charge >= 0.3 is 0 Å². The normalized spacial score (nSPS) is 11.8. The topological polar surface area (TPSA) is 52.0 Å². The van der Waals surface area contributed by atoms with Gasteiger partial charge in [-0.2, -0.15) is 5.10 Å². The van der Waals surface area contributed by atoms with Gasteiger partial charge in [-0.1, -0.05) is 6.92 Å². The van der Waals surface area contributed by atoms with Gasteiger partial charge in [-0.25, -0.2) is 8.42 Å².